The van der Waals surface area contributed by atoms with Crippen LogP contribution in [-0.4, -0.2) is 30.8 Å². The van der Waals surface area contributed by atoms with Crippen LogP contribution in [0.4, 0.5) is 0 Å². The molecule has 4 nitrogen and oxygen atoms in total. The first-order chi connectivity index (χ1) is 8.67. The molecule has 0 amide bonds. The second kappa shape index (κ2) is 9.48. The predicted octanol–water partition coefficient (Wildman–Crippen LogP) is 2.11. The lowest BCUT2D eigenvalue weighted by Gasteiger charge is -2.14. The van der Waals surface area contributed by atoms with Gasteiger partial charge < -0.3 is 15.2 Å². The molecule has 0 fully saturated rings. The zero-order valence-corrected chi connectivity index (χ0v) is 11.6. The van der Waals surface area contributed by atoms with Gasteiger partial charge in [0.2, 0.25) is 0 Å². The van der Waals surface area contributed by atoms with Crippen LogP contribution in [0.25, 0.3) is 0 Å². The summed E-state index contributed by atoms with van der Waals surface area (Å²) in [6.07, 6.45) is 0.504. The highest BCUT2D eigenvalue weighted by molar-refractivity contribution is 5.76. The van der Waals surface area contributed by atoms with E-state index in [4.69, 9.17) is 4.74 Å². The van der Waals surface area contributed by atoms with Crippen molar-refractivity contribution in [3.63, 3.8) is 0 Å². The lowest BCUT2D eigenvalue weighted by Crippen LogP contribution is -2.37. The van der Waals surface area contributed by atoms with E-state index in [0.29, 0.717) is 13.0 Å². The lowest BCUT2D eigenvalue weighted by atomic mass is 10.1. The van der Waals surface area contributed by atoms with Crippen LogP contribution in [0.1, 0.15) is 26.3 Å². The summed E-state index contributed by atoms with van der Waals surface area (Å²) in [4.78, 5) is 11.5. The molecule has 0 spiro atoms. The van der Waals surface area contributed by atoms with Gasteiger partial charge in [-0.2, -0.15) is 0 Å². The van der Waals surface area contributed by atoms with Crippen molar-refractivity contribution < 1.29 is 14.6 Å². The fourth-order valence-corrected chi connectivity index (χ4v) is 1.47. The van der Waals surface area contributed by atoms with Crippen molar-refractivity contribution in [1.82, 2.24) is 5.32 Å². The lowest BCUT2D eigenvalue weighted by molar-refractivity contribution is -0.145. The third-order valence-electron chi connectivity index (χ3n) is 2.27. The number of benzene rings is 1. The Morgan fingerprint density at radius 1 is 1.44 bits per heavy atom. The van der Waals surface area contributed by atoms with E-state index in [9.17, 15) is 9.90 Å². The molecular formula is C14H23NO3. The number of hydrogen-bond donors (Lipinski definition) is 2. The molecule has 0 aromatic heterocycles. The first kappa shape index (κ1) is 16.4. The summed E-state index contributed by atoms with van der Waals surface area (Å²) in [6.45, 7) is 6.15. The number of ether oxygens (including phenoxy) is 1. The number of phenolic OH excluding ortho intramolecular Hbond substituents is 1. The molecule has 1 unspecified atom stereocenters. The molecular weight excluding hydrogens is 230 g/mol. The van der Waals surface area contributed by atoms with Crippen LogP contribution < -0.4 is 5.32 Å². The molecule has 0 radical (unpaired) electrons. The number of phenols is 1. The average molecular weight is 253 g/mol. The van der Waals surface area contributed by atoms with Gasteiger partial charge in [-0.15, -0.1) is 0 Å². The van der Waals surface area contributed by atoms with Gasteiger partial charge in [0.1, 0.15) is 11.8 Å². The molecule has 1 aromatic rings. The number of aromatic hydroxyl groups is 1. The van der Waals surface area contributed by atoms with Crippen molar-refractivity contribution in [3.05, 3.63) is 29.8 Å². The monoisotopic (exact) mass is 253 g/mol. The van der Waals surface area contributed by atoms with Gasteiger partial charge in [-0.05, 0) is 38.1 Å². The maximum Gasteiger partial charge on any atom is 0.323 e. The molecule has 0 heterocycles. The molecule has 0 aliphatic rings. The Balaban J connectivity index is 0.00000137. The van der Waals surface area contributed by atoms with Crippen LogP contribution in [-0.2, 0) is 16.0 Å². The van der Waals surface area contributed by atoms with E-state index in [2.05, 4.69) is 5.32 Å². The van der Waals surface area contributed by atoms with E-state index in [-0.39, 0.29) is 17.8 Å². The normalized spacial score (nSPS) is 11.1. The Morgan fingerprint density at radius 3 is 2.61 bits per heavy atom. The molecule has 1 atom stereocenters. The van der Waals surface area contributed by atoms with Gasteiger partial charge in [-0.3, -0.25) is 4.79 Å². The van der Waals surface area contributed by atoms with E-state index < -0.39 is 0 Å². The van der Waals surface area contributed by atoms with Crippen LogP contribution in [0.2, 0.25) is 0 Å². The van der Waals surface area contributed by atoms with Gasteiger partial charge >= 0.3 is 5.97 Å². The molecule has 0 aliphatic heterocycles. The largest absolute Gasteiger partial charge is 0.508 e. The van der Waals surface area contributed by atoms with Crippen molar-refractivity contribution in [1.29, 1.82) is 0 Å². The SMILES string of the molecule is CC.CCOC(=O)C(Cc1cccc(O)c1)NC. The van der Waals surface area contributed by atoms with Crippen LogP contribution in [0.15, 0.2) is 24.3 Å². The smallest absolute Gasteiger partial charge is 0.323 e. The fourth-order valence-electron chi connectivity index (χ4n) is 1.47. The number of rotatable bonds is 5. The zero-order valence-electron chi connectivity index (χ0n) is 11.6. The molecule has 1 aromatic carbocycles. The summed E-state index contributed by atoms with van der Waals surface area (Å²) in [6, 6.07) is 6.49. The van der Waals surface area contributed by atoms with Gasteiger partial charge in [0.05, 0.1) is 6.61 Å². The van der Waals surface area contributed by atoms with E-state index in [1.54, 1.807) is 32.2 Å². The quantitative estimate of drug-likeness (QED) is 0.789. The topological polar surface area (TPSA) is 58.6 Å². The van der Waals surface area contributed by atoms with Crippen molar-refractivity contribution >= 4 is 5.97 Å². The molecule has 0 bridgehead atoms. The van der Waals surface area contributed by atoms with Crippen LogP contribution in [0.3, 0.4) is 0 Å². The van der Waals surface area contributed by atoms with Crippen molar-refractivity contribution in [2.45, 2.75) is 33.2 Å². The standard InChI is InChI=1S/C12H17NO3.C2H6/c1-3-16-12(15)11(13-2)8-9-5-4-6-10(14)7-9;1-2/h4-7,11,13-14H,3,8H2,1-2H3;1-2H3. The number of esters is 1. The second-order valence-electron chi connectivity index (χ2n) is 3.47. The molecule has 0 aliphatic carbocycles. The van der Waals surface area contributed by atoms with Crippen LogP contribution in [0.5, 0.6) is 5.75 Å². The summed E-state index contributed by atoms with van der Waals surface area (Å²) in [5.74, 6) is -0.0652. The molecule has 0 saturated heterocycles. The summed E-state index contributed by atoms with van der Waals surface area (Å²) in [5.41, 5.74) is 0.896. The highest BCUT2D eigenvalue weighted by atomic mass is 16.5. The number of likely N-dealkylation sites (N-methyl/N-ethyl adjacent to an activating group) is 1. The number of carbonyl (C=O) groups is 1. The highest BCUT2D eigenvalue weighted by Gasteiger charge is 2.17. The van der Waals surface area contributed by atoms with Gasteiger partial charge in [0, 0.05) is 0 Å². The first-order valence-electron chi connectivity index (χ1n) is 6.29. The summed E-state index contributed by atoms with van der Waals surface area (Å²) < 4.78 is 4.93. The Hall–Kier alpha value is -1.55. The third-order valence-corrected chi connectivity index (χ3v) is 2.27. The minimum absolute atomic E-state index is 0.205. The predicted molar refractivity (Wildman–Crippen MR) is 72.6 cm³/mol. The third kappa shape index (κ3) is 5.68. The molecule has 1 rings (SSSR count). The van der Waals surface area contributed by atoms with Crippen LogP contribution >= 0.6 is 0 Å². The number of nitrogens with one attached hydrogen (secondary N) is 1. The molecule has 102 valence electrons. The molecule has 0 saturated carbocycles. The van der Waals surface area contributed by atoms with Crippen molar-refractivity contribution in [2.24, 2.45) is 0 Å². The van der Waals surface area contributed by atoms with Crippen molar-refractivity contribution in [2.75, 3.05) is 13.7 Å². The summed E-state index contributed by atoms with van der Waals surface area (Å²) in [5, 5.41) is 12.2. The molecule has 4 heteroatoms. The first-order valence-corrected chi connectivity index (χ1v) is 6.29. The Morgan fingerprint density at radius 2 is 2.11 bits per heavy atom. The second-order valence-corrected chi connectivity index (χ2v) is 3.47. The summed E-state index contributed by atoms with van der Waals surface area (Å²) >= 11 is 0. The maximum absolute atomic E-state index is 11.5. The Bertz CT molecular complexity index is 353. The van der Waals surface area contributed by atoms with Gasteiger partial charge in [0.25, 0.3) is 0 Å². The van der Waals surface area contributed by atoms with E-state index in [0.717, 1.165) is 5.56 Å². The van der Waals surface area contributed by atoms with Gasteiger partial charge in [0.15, 0.2) is 0 Å². The fraction of sp³-hybridized carbons (Fsp3) is 0.500. The van der Waals surface area contributed by atoms with Gasteiger partial charge in [-0.1, -0.05) is 26.0 Å². The van der Waals surface area contributed by atoms with Gasteiger partial charge in [-0.25, -0.2) is 0 Å². The Kier molecular flexibility index (Phi) is 8.66. The number of carbonyl (C=O) groups excluding carboxylic acids is 1. The molecule has 2 N–H and O–H groups in total. The summed E-state index contributed by atoms with van der Waals surface area (Å²) in [7, 11) is 1.71. The minimum atomic E-state index is -0.373. The number of hydrogen-bond acceptors (Lipinski definition) is 4. The van der Waals surface area contributed by atoms with E-state index in [1.165, 1.54) is 0 Å². The minimum Gasteiger partial charge on any atom is -0.508 e. The maximum atomic E-state index is 11.5. The van der Waals surface area contributed by atoms with Crippen molar-refractivity contribution in [3.8, 4) is 5.75 Å². The van der Waals surface area contributed by atoms with Crippen LogP contribution in [0, 0.1) is 0 Å². The highest BCUT2D eigenvalue weighted by Crippen LogP contribution is 2.12. The van der Waals surface area contributed by atoms with E-state index in [1.807, 2.05) is 19.9 Å². The molecule has 18 heavy (non-hydrogen) atoms. The Labute approximate surface area is 109 Å². The van der Waals surface area contributed by atoms with E-state index >= 15 is 0 Å². The zero-order chi connectivity index (χ0) is 14.0. The average Bonchev–Trinajstić information content (AvgIpc) is 2.38.